The van der Waals surface area contributed by atoms with Gasteiger partial charge in [-0.1, -0.05) is 12.8 Å². The summed E-state index contributed by atoms with van der Waals surface area (Å²) in [5.41, 5.74) is 0.602. The summed E-state index contributed by atoms with van der Waals surface area (Å²) in [5, 5.41) is 9.08. The molecule has 20 heavy (non-hydrogen) atoms. The van der Waals surface area contributed by atoms with Crippen LogP contribution in [0.15, 0.2) is 4.90 Å². The highest BCUT2D eigenvalue weighted by atomic mass is 32.2. The first-order valence-corrected chi connectivity index (χ1v) is 8.11. The molecule has 1 aliphatic rings. The SMILES string of the molecule is Cc1[nH]c(C(=O)O)c(C)c1S(=O)(=O)N(C)C1CCCC1. The number of nitrogens with zero attached hydrogens (tertiary/aromatic N) is 1. The molecule has 1 heterocycles. The normalized spacial score (nSPS) is 17.0. The van der Waals surface area contributed by atoms with E-state index in [-0.39, 0.29) is 22.2 Å². The van der Waals surface area contributed by atoms with Crippen LogP contribution in [-0.2, 0) is 10.0 Å². The Kier molecular flexibility index (Phi) is 3.93. The van der Waals surface area contributed by atoms with Gasteiger partial charge < -0.3 is 10.1 Å². The van der Waals surface area contributed by atoms with Crippen molar-refractivity contribution in [3.8, 4) is 0 Å². The molecule has 0 aromatic carbocycles. The predicted octanol–water partition coefficient (Wildman–Crippen LogP) is 1.89. The van der Waals surface area contributed by atoms with Crippen molar-refractivity contribution >= 4 is 16.0 Å². The van der Waals surface area contributed by atoms with Crippen molar-refractivity contribution in [1.29, 1.82) is 0 Å². The molecule has 0 spiro atoms. The number of hydrogen-bond acceptors (Lipinski definition) is 3. The van der Waals surface area contributed by atoms with Crippen LogP contribution in [0, 0.1) is 13.8 Å². The van der Waals surface area contributed by atoms with E-state index in [1.54, 1.807) is 14.0 Å². The number of H-pyrrole nitrogens is 1. The molecule has 0 bridgehead atoms. The fourth-order valence-corrected chi connectivity index (χ4v) is 4.76. The van der Waals surface area contributed by atoms with Gasteiger partial charge in [-0.05, 0) is 26.7 Å². The number of carboxylic acid groups (broad SMARTS) is 1. The number of carbonyl (C=O) groups is 1. The van der Waals surface area contributed by atoms with Crippen LogP contribution < -0.4 is 0 Å². The molecule has 7 heteroatoms. The Labute approximate surface area is 118 Å². The van der Waals surface area contributed by atoms with Crippen molar-refractivity contribution in [1.82, 2.24) is 9.29 Å². The monoisotopic (exact) mass is 300 g/mol. The van der Waals surface area contributed by atoms with Gasteiger partial charge in [0.15, 0.2) is 0 Å². The van der Waals surface area contributed by atoms with Gasteiger partial charge in [0.2, 0.25) is 10.0 Å². The zero-order valence-electron chi connectivity index (χ0n) is 11.9. The zero-order chi connectivity index (χ0) is 15.1. The van der Waals surface area contributed by atoms with Crippen LogP contribution in [0.1, 0.15) is 47.4 Å². The highest BCUT2D eigenvalue weighted by Gasteiger charge is 2.34. The lowest BCUT2D eigenvalue weighted by molar-refractivity contribution is 0.0690. The molecule has 2 rings (SSSR count). The molecule has 1 aliphatic carbocycles. The minimum atomic E-state index is -3.66. The highest BCUT2D eigenvalue weighted by molar-refractivity contribution is 7.89. The summed E-state index contributed by atoms with van der Waals surface area (Å²) in [6, 6.07) is 0.0157. The molecule has 1 aromatic heterocycles. The van der Waals surface area contributed by atoms with Crippen molar-refractivity contribution < 1.29 is 18.3 Å². The fourth-order valence-electron chi connectivity index (χ4n) is 2.94. The number of aromatic carboxylic acids is 1. The topological polar surface area (TPSA) is 90.5 Å². The standard InChI is InChI=1S/C13H20N2O4S/c1-8-11(13(16)17)14-9(2)12(8)20(18,19)15(3)10-6-4-5-7-10/h10,14H,4-7H2,1-3H3,(H,16,17). The summed E-state index contributed by atoms with van der Waals surface area (Å²) in [7, 11) is -2.08. The summed E-state index contributed by atoms with van der Waals surface area (Å²) < 4.78 is 26.8. The van der Waals surface area contributed by atoms with Crippen LogP contribution in [0.3, 0.4) is 0 Å². The van der Waals surface area contributed by atoms with Gasteiger partial charge in [0.25, 0.3) is 0 Å². The summed E-state index contributed by atoms with van der Waals surface area (Å²) in [6.07, 6.45) is 3.81. The van der Waals surface area contributed by atoms with Crippen LogP contribution in [0.2, 0.25) is 0 Å². The van der Waals surface area contributed by atoms with Gasteiger partial charge in [-0.3, -0.25) is 0 Å². The third kappa shape index (κ3) is 2.35. The smallest absolute Gasteiger partial charge is 0.352 e. The van der Waals surface area contributed by atoms with E-state index < -0.39 is 16.0 Å². The maximum atomic E-state index is 12.7. The molecule has 1 saturated carbocycles. The highest BCUT2D eigenvalue weighted by Crippen LogP contribution is 2.31. The van der Waals surface area contributed by atoms with Crippen molar-refractivity contribution in [3.05, 3.63) is 17.0 Å². The molecular weight excluding hydrogens is 280 g/mol. The molecule has 0 saturated heterocycles. The predicted molar refractivity (Wildman–Crippen MR) is 74.4 cm³/mol. The minimum Gasteiger partial charge on any atom is -0.477 e. The fraction of sp³-hybridized carbons (Fsp3) is 0.615. The van der Waals surface area contributed by atoms with Crippen LogP contribution in [0.25, 0.3) is 0 Å². The molecule has 0 aliphatic heterocycles. The Hall–Kier alpha value is -1.34. The van der Waals surface area contributed by atoms with E-state index in [0.29, 0.717) is 5.69 Å². The number of rotatable bonds is 4. The number of nitrogens with one attached hydrogen (secondary N) is 1. The van der Waals surface area contributed by atoms with Gasteiger partial charge in [0, 0.05) is 24.3 Å². The lowest BCUT2D eigenvalue weighted by atomic mass is 10.2. The quantitative estimate of drug-likeness (QED) is 0.888. The first-order valence-electron chi connectivity index (χ1n) is 6.67. The molecular formula is C13H20N2O4S. The van der Waals surface area contributed by atoms with Crippen molar-refractivity contribution in [2.45, 2.75) is 50.5 Å². The number of aromatic nitrogens is 1. The van der Waals surface area contributed by atoms with Gasteiger partial charge in [-0.15, -0.1) is 0 Å². The van der Waals surface area contributed by atoms with Crippen LogP contribution >= 0.6 is 0 Å². The van der Waals surface area contributed by atoms with E-state index in [2.05, 4.69) is 4.98 Å². The molecule has 1 aromatic rings. The second-order valence-electron chi connectivity index (χ2n) is 5.34. The second kappa shape index (κ2) is 5.21. The van der Waals surface area contributed by atoms with Gasteiger partial charge >= 0.3 is 5.97 Å². The van der Waals surface area contributed by atoms with E-state index in [1.807, 2.05) is 0 Å². The zero-order valence-corrected chi connectivity index (χ0v) is 12.7. The number of hydrogen-bond donors (Lipinski definition) is 2. The lowest BCUT2D eigenvalue weighted by Crippen LogP contribution is -2.35. The Morgan fingerprint density at radius 3 is 2.30 bits per heavy atom. The van der Waals surface area contributed by atoms with Gasteiger partial charge in [0.05, 0.1) is 0 Å². The largest absolute Gasteiger partial charge is 0.477 e. The average Bonchev–Trinajstić information content (AvgIpc) is 2.96. The van der Waals surface area contributed by atoms with Crippen molar-refractivity contribution in [2.24, 2.45) is 0 Å². The maximum absolute atomic E-state index is 12.7. The lowest BCUT2D eigenvalue weighted by Gasteiger charge is -2.24. The molecule has 0 atom stereocenters. The Balaban J connectivity index is 2.46. The van der Waals surface area contributed by atoms with Crippen molar-refractivity contribution in [3.63, 3.8) is 0 Å². The number of sulfonamides is 1. The molecule has 1 fully saturated rings. The van der Waals surface area contributed by atoms with Crippen LogP contribution in [0.5, 0.6) is 0 Å². The van der Waals surface area contributed by atoms with Gasteiger partial charge in [-0.25, -0.2) is 13.2 Å². The number of aromatic amines is 1. The third-order valence-corrected chi connectivity index (χ3v) is 6.24. The van der Waals surface area contributed by atoms with Crippen molar-refractivity contribution in [2.75, 3.05) is 7.05 Å². The summed E-state index contributed by atoms with van der Waals surface area (Å²) >= 11 is 0. The summed E-state index contributed by atoms with van der Waals surface area (Å²) in [5.74, 6) is -1.14. The summed E-state index contributed by atoms with van der Waals surface area (Å²) in [6.45, 7) is 3.12. The Morgan fingerprint density at radius 1 is 1.30 bits per heavy atom. The maximum Gasteiger partial charge on any atom is 0.352 e. The number of carboxylic acids is 1. The van der Waals surface area contributed by atoms with E-state index in [1.165, 1.54) is 11.2 Å². The van der Waals surface area contributed by atoms with Crippen LogP contribution in [-0.4, -0.2) is 41.9 Å². The Bertz CT molecular complexity index is 627. The molecule has 0 amide bonds. The first-order chi connectivity index (χ1) is 9.26. The van der Waals surface area contributed by atoms with Crippen LogP contribution in [0.4, 0.5) is 0 Å². The van der Waals surface area contributed by atoms with E-state index in [0.717, 1.165) is 25.7 Å². The number of aryl methyl sites for hydroxylation is 1. The van der Waals surface area contributed by atoms with E-state index >= 15 is 0 Å². The molecule has 0 radical (unpaired) electrons. The van der Waals surface area contributed by atoms with E-state index in [9.17, 15) is 13.2 Å². The van der Waals surface area contributed by atoms with E-state index in [4.69, 9.17) is 5.11 Å². The third-order valence-electron chi connectivity index (χ3n) is 4.06. The first kappa shape index (κ1) is 15.1. The molecule has 2 N–H and O–H groups in total. The van der Waals surface area contributed by atoms with Gasteiger partial charge in [-0.2, -0.15) is 4.31 Å². The molecule has 0 unspecified atom stereocenters. The molecule has 6 nitrogen and oxygen atoms in total. The second-order valence-corrected chi connectivity index (χ2v) is 7.28. The molecule has 112 valence electrons. The van der Waals surface area contributed by atoms with Gasteiger partial charge in [0.1, 0.15) is 10.6 Å². The average molecular weight is 300 g/mol. The Morgan fingerprint density at radius 2 is 1.85 bits per heavy atom. The summed E-state index contributed by atoms with van der Waals surface area (Å²) in [4.78, 5) is 13.9. The minimum absolute atomic E-state index is 0.0157.